The highest BCUT2D eigenvalue weighted by molar-refractivity contribution is 9.10. The van der Waals surface area contributed by atoms with Gasteiger partial charge in [-0.3, -0.25) is 4.79 Å². The lowest BCUT2D eigenvalue weighted by atomic mass is 10.1. The van der Waals surface area contributed by atoms with E-state index in [0.29, 0.717) is 5.56 Å². The number of benzene rings is 2. The summed E-state index contributed by atoms with van der Waals surface area (Å²) in [5.41, 5.74) is 0.690. The van der Waals surface area contributed by atoms with Crippen molar-refractivity contribution in [1.29, 1.82) is 0 Å². The summed E-state index contributed by atoms with van der Waals surface area (Å²) < 4.78 is 6.66. The number of rotatable bonds is 3. The highest BCUT2D eigenvalue weighted by Crippen LogP contribution is 2.21. The average Bonchev–Trinajstić information content (AvgIpc) is 3.01. The number of carbonyl (C=O) groups excluding carboxylic acids is 1. The summed E-state index contributed by atoms with van der Waals surface area (Å²) in [5.74, 6) is -0.0391. The predicted octanol–water partition coefficient (Wildman–Crippen LogP) is 3.90. The first-order valence-electron chi connectivity index (χ1n) is 7.25. The Bertz CT molecular complexity index is 665. The van der Waals surface area contributed by atoms with Crippen LogP contribution in [0.25, 0.3) is 10.8 Å². The molecule has 21 heavy (non-hydrogen) atoms. The summed E-state index contributed by atoms with van der Waals surface area (Å²) in [5, 5.41) is 5.22. The minimum atomic E-state index is -0.0391. The first kappa shape index (κ1) is 14.5. The van der Waals surface area contributed by atoms with Crippen molar-refractivity contribution in [3.63, 3.8) is 0 Å². The van der Waals surface area contributed by atoms with Crippen molar-refractivity contribution in [2.24, 2.45) is 0 Å². The smallest absolute Gasteiger partial charge is 0.251 e. The van der Waals surface area contributed by atoms with Crippen LogP contribution in [0.2, 0.25) is 0 Å². The molecule has 1 aliphatic heterocycles. The van der Waals surface area contributed by atoms with Crippen molar-refractivity contribution in [3.8, 4) is 0 Å². The van der Waals surface area contributed by atoms with Gasteiger partial charge in [-0.2, -0.15) is 0 Å². The molecule has 4 heteroatoms. The maximum absolute atomic E-state index is 12.3. The van der Waals surface area contributed by atoms with Crippen molar-refractivity contribution in [2.75, 3.05) is 6.61 Å². The molecule has 0 saturated carbocycles. The molecule has 3 nitrogen and oxygen atoms in total. The highest BCUT2D eigenvalue weighted by atomic mass is 79.9. The number of hydrogen-bond donors (Lipinski definition) is 1. The molecule has 0 aromatic heterocycles. The molecular weight excluding hydrogens is 330 g/mol. The maximum Gasteiger partial charge on any atom is 0.251 e. The average molecular weight is 348 g/mol. The highest BCUT2D eigenvalue weighted by Gasteiger charge is 2.23. The van der Waals surface area contributed by atoms with Gasteiger partial charge in [-0.1, -0.05) is 28.1 Å². The second kappa shape index (κ2) is 6.16. The molecule has 3 rings (SSSR count). The zero-order valence-corrected chi connectivity index (χ0v) is 13.5. The van der Waals surface area contributed by atoms with Crippen LogP contribution in [0.15, 0.2) is 40.9 Å². The van der Waals surface area contributed by atoms with Gasteiger partial charge in [0, 0.05) is 16.6 Å². The van der Waals surface area contributed by atoms with Gasteiger partial charge < -0.3 is 10.1 Å². The number of carbonyl (C=O) groups is 1. The van der Waals surface area contributed by atoms with E-state index < -0.39 is 0 Å². The SMILES string of the molecule is CC(NC(=O)c1ccc2cc(Br)ccc2c1)C1CCCO1. The summed E-state index contributed by atoms with van der Waals surface area (Å²) in [6, 6.07) is 11.9. The van der Waals surface area contributed by atoms with Gasteiger partial charge in [0.1, 0.15) is 0 Å². The van der Waals surface area contributed by atoms with Gasteiger partial charge >= 0.3 is 0 Å². The number of fused-ring (bicyclic) bond motifs is 1. The molecule has 1 saturated heterocycles. The van der Waals surface area contributed by atoms with E-state index in [-0.39, 0.29) is 18.1 Å². The fraction of sp³-hybridized carbons (Fsp3) is 0.353. The maximum atomic E-state index is 12.3. The first-order chi connectivity index (χ1) is 10.1. The number of hydrogen-bond acceptors (Lipinski definition) is 2. The number of nitrogens with one attached hydrogen (secondary N) is 1. The molecule has 2 aromatic carbocycles. The standard InChI is InChI=1S/C17H18BrNO2/c1-11(16-3-2-8-21-16)19-17(20)14-5-4-13-10-15(18)7-6-12(13)9-14/h4-7,9-11,16H,2-3,8H2,1H3,(H,19,20). The molecule has 110 valence electrons. The van der Waals surface area contributed by atoms with E-state index in [9.17, 15) is 4.79 Å². The number of amides is 1. The van der Waals surface area contributed by atoms with Gasteiger partial charge in [0.2, 0.25) is 0 Å². The molecule has 2 atom stereocenters. The monoisotopic (exact) mass is 347 g/mol. The minimum Gasteiger partial charge on any atom is -0.376 e. The van der Waals surface area contributed by atoms with Crippen molar-refractivity contribution < 1.29 is 9.53 Å². The Morgan fingerprint density at radius 3 is 2.81 bits per heavy atom. The second-order valence-corrected chi connectivity index (χ2v) is 6.44. The third-order valence-electron chi connectivity index (χ3n) is 3.95. The van der Waals surface area contributed by atoms with Crippen LogP contribution >= 0.6 is 15.9 Å². The topological polar surface area (TPSA) is 38.3 Å². The number of halogens is 1. The van der Waals surface area contributed by atoms with Crippen molar-refractivity contribution in [3.05, 3.63) is 46.4 Å². The van der Waals surface area contributed by atoms with E-state index in [1.165, 1.54) is 0 Å². The Morgan fingerprint density at radius 2 is 2.05 bits per heavy atom. The van der Waals surface area contributed by atoms with Gasteiger partial charge in [-0.25, -0.2) is 0 Å². The number of ether oxygens (including phenoxy) is 1. The normalized spacial score (nSPS) is 19.6. The molecule has 0 radical (unpaired) electrons. The summed E-state index contributed by atoms with van der Waals surface area (Å²) in [4.78, 5) is 12.3. The van der Waals surface area contributed by atoms with Crippen LogP contribution in [-0.4, -0.2) is 24.7 Å². The van der Waals surface area contributed by atoms with Crippen LogP contribution < -0.4 is 5.32 Å². The summed E-state index contributed by atoms with van der Waals surface area (Å²) in [6.07, 6.45) is 2.24. The van der Waals surface area contributed by atoms with Crippen LogP contribution in [0.5, 0.6) is 0 Å². The van der Waals surface area contributed by atoms with Crippen LogP contribution in [0.3, 0.4) is 0 Å². The fourth-order valence-corrected chi connectivity index (χ4v) is 3.12. The van der Waals surface area contributed by atoms with E-state index in [0.717, 1.165) is 34.7 Å². The lowest BCUT2D eigenvalue weighted by Gasteiger charge is -2.20. The van der Waals surface area contributed by atoms with Crippen LogP contribution in [0, 0.1) is 0 Å². The summed E-state index contributed by atoms with van der Waals surface area (Å²) in [6.45, 7) is 2.81. The van der Waals surface area contributed by atoms with Gasteiger partial charge in [0.15, 0.2) is 0 Å². The Morgan fingerprint density at radius 1 is 1.29 bits per heavy atom. The molecule has 2 aromatic rings. The predicted molar refractivity (Wildman–Crippen MR) is 87.6 cm³/mol. The van der Waals surface area contributed by atoms with Crippen LogP contribution in [0.4, 0.5) is 0 Å². The summed E-state index contributed by atoms with van der Waals surface area (Å²) in [7, 11) is 0. The zero-order chi connectivity index (χ0) is 14.8. The molecule has 1 N–H and O–H groups in total. The third kappa shape index (κ3) is 3.27. The molecule has 2 unspecified atom stereocenters. The molecule has 0 aliphatic carbocycles. The third-order valence-corrected chi connectivity index (χ3v) is 4.44. The van der Waals surface area contributed by atoms with Gasteiger partial charge in [-0.05, 0) is 54.8 Å². The molecule has 1 amide bonds. The molecule has 1 fully saturated rings. The van der Waals surface area contributed by atoms with E-state index in [4.69, 9.17) is 4.74 Å². The zero-order valence-electron chi connectivity index (χ0n) is 11.9. The largest absolute Gasteiger partial charge is 0.376 e. The van der Waals surface area contributed by atoms with Crippen molar-refractivity contribution >= 4 is 32.6 Å². The Balaban J connectivity index is 1.76. The molecular formula is C17H18BrNO2. The van der Waals surface area contributed by atoms with E-state index >= 15 is 0 Å². The van der Waals surface area contributed by atoms with Gasteiger partial charge in [-0.15, -0.1) is 0 Å². The fourth-order valence-electron chi connectivity index (χ4n) is 2.74. The first-order valence-corrected chi connectivity index (χ1v) is 8.04. The summed E-state index contributed by atoms with van der Waals surface area (Å²) >= 11 is 3.46. The Kier molecular flexibility index (Phi) is 4.27. The van der Waals surface area contributed by atoms with E-state index in [1.807, 2.05) is 43.3 Å². The van der Waals surface area contributed by atoms with Crippen LogP contribution in [-0.2, 0) is 4.74 Å². The lowest BCUT2D eigenvalue weighted by Crippen LogP contribution is -2.40. The van der Waals surface area contributed by atoms with Crippen LogP contribution in [0.1, 0.15) is 30.1 Å². The molecule has 1 aliphatic rings. The molecule has 0 spiro atoms. The van der Waals surface area contributed by atoms with Gasteiger partial charge in [0.25, 0.3) is 5.91 Å². The van der Waals surface area contributed by atoms with E-state index in [2.05, 4.69) is 21.2 Å². The van der Waals surface area contributed by atoms with E-state index in [1.54, 1.807) is 0 Å². The Hall–Kier alpha value is -1.39. The Labute approximate surface area is 132 Å². The molecule has 1 heterocycles. The van der Waals surface area contributed by atoms with Crippen molar-refractivity contribution in [2.45, 2.75) is 31.9 Å². The lowest BCUT2D eigenvalue weighted by molar-refractivity contribution is 0.0712. The second-order valence-electron chi connectivity index (χ2n) is 5.52. The quantitative estimate of drug-likeness (QED) is 0.914. The minimum absolute atomic E-state index is 0.0391. The van der Waals surface area contributed by atoms with Crippen molar-refractivity contribution in [1.82, 2.24) is 5.32 Å². The molecule has 0 bridgehead atoms. The van der Waals surface area contributed by atoms with Gasteiger partial charge in [0.05, 0.1) is 12.1 Å².